The van der Waals surface area contributed by atoms with Gasteiger partial charge in [-0.3, -0.25) is 4.79 Å². The predicted molar refractivity (Wildman–Crippen MR) is 308 cm³/mol. The lowest BCUT2D eigenvalue weighted by atomic mass is 9.39. The highest BCUT2D eigenvalue weighted by molar-refractivity contribution is 5.88. The Labute approximate surface area is 529 Å². The molecular weight excluding hydrogens is 1210 g/mol. The minimum atomic E-state index is -1.95. The Balaban J connectivity index is 0.904. The van der Waals surface area contributed by atoms with E-state index >= 15 is 4.79 Å². The number of fused-ring (bicyclic) bond motifs is 5. The van der Waals surface area contributed by atoms with E-state index in [0.29, 0.717) is 32.1 Å². The van der Waals surface area contributed by atoms with Crippen LogP contribution in [-0.4, -0.2) is 303 Å². The van der Waals surface area contributed by atoms with Crippen LogP contribution in [0.15, 0.2) is 11.6 Å². The molecular formula is C62H104O29. The standard InChI is InChI=1S/C62H104O29/c1-25(12-15-38(59(5,6)81)90-57-52(91-56-51(80)45(74)41(70)32(21-65)86-56)47(76)43(72)34(88-57)23-82-53-48(77)39(68)26(2)30(19-63)84-53)27-16-17-60(7)35-14-13-28-29(62(35,24-66)36(67)18-61(27,60)8)10-9-11-37(58(28,3)4)89-55-50(79)46(75)42(71)33(87-55)22-83-54-49(78)44(73)40(69)31(20-64)85-54/h13,25-27,29-35,37-57,63-66,68-81H,9-12,14-24H2,1-8H3/t25-,26-,27-,29?,30-,31-,32-,33-,34-,35+,37+,38-,39+,40-,41-,42-,43-,44+,45+,46+,47+,48-,49-,50-,51-,52-,53-,54-,55+,56+,57+,60+,61-,62+/m1/s1. The number of ether oxygens (including phenoxy) is 10. The largest absolute Gasteiger partial charge is 0.395 e. The third kappa shape index (κ3) is 13.4. The summed E-state index contributed by atoms with van der Waals surface area (Å²) in [7, 11) is 0. The first-order valence-electron chi connectivity index (χ1n) is 32.4. The Morgan fingerprint density at radius 2 is 1.05 bits per heavy atom. The molecule has 9 rings (SSSR count). The van der Waals surface area contributed by atoms with E-state index in [2.05, 4.69) is 26.8 Å². The average molecular weight is 1310 g/mol. The summed E-state index contributed by atoms with van der Waals surface area (Å²) in [5.41, 5.74) is -3.86. The molecule has 0 bridgehead atoms. The molecule has 3 saturated carbocycles. The molecule has 5 saturated heterocycles. The fourth-order valence-electron chi connectivity index (χ4n) is 17.2. The molecule has 0 radical (unpaired) electrons. The maximum Gasteiger partial charge on any atom is 0.187 e. The van der Waals surface area contributed by atoms with E-state index in [4.69, 9.17) is 47.4 Å². The summed E-state index contributed by atoms with van der Waals surface area (Å²) in [6.45, 7) is 11.4. The van der Waals surface area contributed by atoms with Gasteiger partial charge in [-0.1, -0.05) is 59.6 Å². The quantitative estimate of drug-likeness (QED) is 0.0481. The summed E-state index contributed by atoms with van der Waals surface area (Å²) in [6.07, 6.45) is -34.7. The molecule has 4 aliphatic carbocycles. The molecule has 1 unspecified atom stereocenters. The Kier molecular flexibility index (Phi) is 23.1. The summed E-state index contributed by atoms with van der Waals surface area (Å²) in [4.78, 5) is 15.6. The Hall–Kier alpha value is -1.71. The molecule has 0 aromatic carbocycles. The first-order valence-corrected chi connectivity index (χ1v) is 32.4. The third-order valence-corrected chi connectivity index (χ3v) is 23.2. The normalized spacial score (nSPS) is 50.2. The van der Waals surface area contributed by atoms with Crippen LogP contribution < -0.4 is 0 Å². The van der Waals surface area contributed by atoms with Gasteiger partial charge in [0.25, 0.3) is 0 Å². The highest BCUT2D eigenvalue weighted by Crippen LogP contribution is 2.74. The number of aliphatic hydroxyl groups is 18. The van der Waals surface area contributed by atoms with Crippen LogP contribution in [0.4, 0.5) is 0 Å². The highest BCUT2D eigenvalue weighted by atomic mass is 16.8. The molecule has 91 heavy (non-hydrogen) atoms. The molecule has 0 aromatic heterocycles. The van der Waals surface area contributed by atoms with Gasteiger partial charge in [-0.05, 0) is 93.3 Å². The van der Waals surface area contributed by atoms with Gasteiger partial charge in [-0.15, -0.1) is 0 Å². The molecule has 0 amide bonds. The summed E-state index contributed by atoms with van der Waals surface area (Å²) >= 11 is 0. The van der Waals surface area contributed by atoms with Gasteiger partial charge in [0, 0.05) is 17.8 Å². The van der Waals surface area contributed by atoms with Gasteiger partial charge in [0.2, 0.25) is 0 Å². The molecule has 0 aromatic rings. The van der Waals surface area contributed by atoms with Crippen LogP contribution >= 0.6 is 0 Å². The van der Waals surface area contributed by atoms with E-state index < -0.39 is 238 Å². The van der Waals surface area contributed by atoms with Crippen molar-refractivity contribution in [3.05, 3.63) is 11.6 Å². The van der Waals surface area contributed by atoms with Gasteiger partial charge in [0.05, 0.1) is 75.1 Å². The van der Waals surface area contributed by atoms with Gasteiger partial charge >= 0.3 is 0 Å². The van der Waals surface area contributed by atoms with Gasteiger partial charge in [0.1, 0.15) is 110 Å². The number of allylic oxidation sites excluding steroid dienone is 1. The summed E-state index contributed by atoms with van der Waals surface area (Å²) in [5, 5.41) is 195. The number of hydrogen-bond donors (Lipinski definition) is 18. The summed E-state index contributed by atoms with van der Waals surface area (Å²) in [5.74, 6) is -1.64. The van der Waals surface area contributed by atoms with Crippen LogP contribution in [0.2, 0.25) is 0 Å². The van der Waals surface area contributed by atoms with Crippen molar-refractivity contribution in [3.8, 4) is 0 Å². The maximum atomic E-state index is 15.6. The minimum absolute atomic E-state index is 0.0596. The van der Waals surface area contributed by atoms with Crippen LogP contribution in [0.25, 0.3) is 0 Å². The first-order chi connectivity index (χ1) is 42.7. The topological polar surface area (TPSA) is 474 Å². The SMILES string of the molecule is C[C@H]1[C@H](O)[C@@H](O)[C@H](OC[C@H]2O[C@@H](O[C@H](CC[C@@H](C)[C@H]3CC[C@@]4(C)[C@@H]5CC=C6C(CCC[C@H](O[C@@H]7O[C@H](CO[C@@H]8O[C@H](CO)[C@@H](O)[C@H](O)[C@H]8O)[C@@H](O)[C@H](O)[C@H]7O)C6(C)C)[C@]5(CO)C(=O)C[C@]34C)C(C)(C)O)[C@H](O[C@@H]3O[C@H](CO)[C@@H](O)[C@H](O)[C@H]3O)[C@@H](O)[C@@H]2O)O[C@@H]1CO. The molecule has 526 valence electrons. The predicted octanol–water partition coefficient (Wildman–Crippen LogP) is -4.56. The van der Waals surface area contributed by atoms with Gasteiger partial charge < -0.3 is 139 Å². The Morgan fingerprint density at radius 3 is 1.60 bits per heavy atom. The number of ketones is 1. The Bertz CT molecular complexity index is 2430. The first kappa shape index (κ1) is 73.5. The van der Waals surface area contributed by atoms with Crippen molar-refractivity contribution >= 4 is 5.78 Å². The van der Waals surface area contributed by atoms with E-state index in [9.17, 15) is 91.9 Å². The lowest BCUT2D eigenvalue weighted by Gasteiger charge is -2.64. The molecule has 18 N–H and O–H groups in total. The number of hydrogen-bond acceptors (Lipinski definition) is 29. The molecule has 34 atom stereocenters. The van der Waals surface area contributed by atoms with Crippen LogP contribution in [0.5, 0.6) is 0 Å². The number of carbonyl (C=O) groups is 1. The molecule has 0 spiro atoms. The smallest absolute Gasteiger partial charge is 0.187 e. The average Bonchev–Trinajstić information content (AvgIpc) is 1.64. The molecule has 5 aliphatic heterocycles. The van der Waals surface area contributed by atoms with Crippen LogP contribution in [-0.2, 0) is 52.2 Å². The second-order valence-electron chi connectivity index (χ2n) is 29.2. The van der Waals surface area contributed by atoms with E-state index in [1.165, 1.54) is 13.8 Å². The molecule has 9 aliphatic rings. The van der Waals surface area contributed by atoms with E-state index in [0.717, 1.165) is 18.4 Å². The minimum Gasteiger partial charge on any atom is -0.395 e. The van der Waals surface area contributed by atoms with Crippen molar-refractivity contribution in [2.45, 2.75) is 278 Å². The number of Topliss-reactive ketones (excluding diaryl/α,β-unsaturated/α-hetero) is 1. The molecule has 29 nitrogen and oxygen atoms in total. The van der Waals surface area contributed by atoms with Crippen molar-refractivity contribution in [2.24, 2.45) is 51.2 Å². The van der Waals surface area contributed by atoms with Crippen molar-refractivity contribution in [2.75, 3.05) is 39.6 Å². The molecule has 8 fully saturated rings. The maximum absolute atomic E-state index is 15.6. The van der Waals surface area contributed by atoms with Crippen molar-refractivity contribution < 1.29 is 144 Å². The van der Waals surface area contributed by atoms with Crippen molar-refractivity contribution in [1.29, 1.82) is 0 Å². The van der Waals surface area contributed by atoms with E-state index in [1.807, 2.05) is 13.8 Å². The van der Waals surface area contributed by atoms with Gasteiger partial charge in [0.15, 0.2) is 31.5 Å². The molecule has 5 heterocycles. The highest BCUT2D eigenvalue weighted by Gasteiger charge is 2.72. The van der Waals surface area contributed by atoms with Gasteiger partial charge in [-0.25, -0.2) is 0 Å². The number of carbonyl (C=O) groups excluding carboxylic acids is 1. The van der Waals surface area contributed by atoms with Crippen LogP contribution in [0.1, 0.15) is 113 Å². The summed E-state index contributed by atoms with van der Waals surface area (Å²) in [6, 6.07) is 0. The zero-order valence-corrected chi connectivity index (χ0v) is 53.1. The van der Waals surface area contributed by atoms with Crippen LogP contribution in [0.3, 0.4) is 0 Å². The summed E-state index contributed by atoms with van der Waals surface area (Å²) < 4.78 is 59.8. The molecule has 29 heteroatoms. The fourth-order valence-corrected chi connectivity index (χ4v) is 17.2. The monoisotopic (exact) mass is 1310 g/mol. The fraction of sp³-hybridized carbons (Fsp3) is 0.952. The van der Waals surface area contributed by atoms with Crippen LogP contribution in [0, 0.1) is 51.2 Å². The van der Waals surface area contributed by atoms with Gasteiger partial charge in [-0.2, -0.15) is 0 Å². The van der Waals surface area contributed by atoms with E-state index in [1.54, 1.807) is 6.92 Å². The van der Waals surface area contributed by atoms with Crippen molar-refractivity contribution in [1.82, 2.24) is 0 Å². The zero-order valence-electron chi connectivity index (χ0n) is 53.1. The lowest BCUT2D eigenvalue weighted by Crippen LogP contribution is -2.65. The second kappa shape index (κ2) is 28.6. The van der Waals surface area contributed by atoms with Crippen molar-refractivity contribution in [3.63, 3.8) is 0 Å². The Morgan fingerprint density at radius 1 is 0.571 bits per heavy atom. The number of rotatable bonds is 21. The zero-order chi connectivity index (χ0) is 66.9. The van der Waals surface area contributed by atoms with E-state index in [-0.39, 0.29) is 36.4 Å². The third-order valence-electron chi connectivity index (χ3n) is 23.2. The lowest BCUT2D eigenvalue weighted by molar-refractivity contribution is -0.380. The second-order valence-corrected chi connectivity index (χ2v) is 29.2. The number of aliphatic hydroxyl groups excluding tert-OH is 17.